The van der Waals surface area contributed by atoms with Gasteiger partial charge in [-0.2, -0.15) is 4.98 Å². The van der Waals surface area contributed by atoms with Gasteiger partial charge >= 0.3 is 6.01 Å². The van der Waals surface area contributed by atoms with Crippen molar-refractivity contribution in [3.63, 3.8) is 0 Å². The number of carbonyl (C=O) groups is 1. The van der Waals surface area contributed by atoms with Crippen LogP contribution < -0.4 is 4.74 Å². The van der Waals surface area contributed by atoms with E-state index >= 15 is 0 Å². The molecule has 32 heavy (non-hydrogen) atoms. The molecule has 0 aliphatic carbocycles. The van der Waals surface area contributed by atoms with Crippen molar-refractivity contribution in [1.29, 1.82) is 0 Å². The number of hydrogen-bond donors (Lipinski definition) is 1. The molecule has 1 amide bonds. The second-order valence-electron chi connectivity index (χ2n) is 8.00. The number of benzene rings is 1. The van der Waals surface area contributed by atoms with E-state index in [0.717, 1.165) is 0 Å². The number of nitrogens with zero attached hydrogens (tertiary/aromatic N) is 4. The van der Waals surface area contributed by atoms with E-state index < -0.39 is 11.7 Å². The minimum atomic E-state index is -0.797. The summed E-state index contributed by atoms with van der Waals surface area (Å²) in [7, 11) is 4.88. The summed E-state index contributed by atoms with van der Waals surface area (Å²) in [5.74, 6) is -0.00835. The van der Waals surface area contributed by atoms with Gasteiger partial charge in [0.05, 0.1) is 42.8 Å². The Kier molecular flexibility index (Phi) is 5.90. The molecule has 0 radical (unpaired) electrons. The summed E-state index contributed by atoms with van der Waals surface area (Å²) >= 11 is 0. The van der Waals surface area contributed by atoms with Gasteiger partial charge in [0.1, 0.15) is 5.82 Å². The van der Waals surface area contributed by atoms with E-state index in [2.05, 4.69) is 19.9 Å². The number of imidazole rings is 1. The lowest BCUT2D eigenvalue weighted by molar-refractivity contribution is -0.233. The average Bonchev–Trinajstić information content (AvgIpc) is 3.25. The highest BCUT2D eigenvalue weighted by Crippen LogP contribution is 2.36. The quantitative estimate of drug-likeness (QED) is 0.649. The third kappa shape index (κ3) is 4.19. The van der Waals surface area contributed by atoms with E-state index in [1.165, 1.54) is 24.1 Å². The summed E-state index contributed by atoms with van der Waals surface area (Å²) in [5.41, 5.74) is 1.57. The molecule has 1 N–H and O–H groups in total. The highest BCUT2D eigenvalue weighted by molar-refractivity contribution is 5.82. The van der Waals surface area contributed by atoms with Crippen LogP contribution in [0.25, 0.3) is 22.6 Å². The van der Waals surface area contributed by atoms with Crippen molar-refractivity contribution >= 4 is 5.91 Å². The molecule has 3 heterocycles. The molecular weight excluding hydrogens is 417 g/mol. The van der Waals surface area contributed by atoms with Crippen LogP contribution in [0, 0.1) is 11.2 Å². The second kappa shape index (κ2) is 8.64. The second-order valence-corrected chi connectivity index (χ2v) is 8.00. The van der Waals surface area contributed by atoms with E-state index in [-0.39, 0.29) is 30.9 Å². The molecule has 0 unspecified atom stereocenters. The summed E-state index contributed by atoms with van der Waals surface area (Å²) < 4.78 is 30.4. The van der Waals surface area contributed by atoms with E-state index in [9.17, 15) is 9.18 Å². The Bertz CT molecular complexity index is 1110. The molecule has 4 rings (SSSR count). The Balaban J connectivity index is 1.68. The highest BCUT2D eigenvalue weighted by Gasteiger charge is 2.41. The number of carbonyl (C=O) groups excluding carboxylic acids is 1. The first-order valence-corrected chi connectivity index (χ1v) is 9.99. The number of amides is 1. The zero-order chi connectivity index (χ0) is 22.9. The summed E-state index contributed by atoms with van der Waals surface area (Å²) in [6.45, 7) is 2.16. The van der Waals surface area contributed by atoms with Gasteiger partial charge in [0, 0.05) is 25.9 Å². The van der Waals surface area contributed by atoms with Crippen molar-refractivity contribution in [2.24, 2.45) is 5.41 Å². The third-order valence-corrected chi connectivity index (χ3v) is 5.16. The van der Waals surface area contributed by atoms with Gasteiger partial charge in [0.2, 0.25) is 12.2 Å². The van der Waals surface area contributed by atoms with Crippen molar-refractivity contribution in [3.05, 3.63) is 48.2 Å². The molecule has 0 spiro atoms. The maximum atomic E-state index is 13.5. The SMILES string of the molecule is COc1nccc(-c2[nH]c(C3OCC(C)(C(=O)N(C)C)CO3)nc2-c2ccc(F)cc2)n1. The zero-order valence-electron chi connectivity index (χ0n) is 18.3. The molecule has 9 nitrogen and oxygen atoms in total. The number of aromatic nitrogens is 4. The van der Waals surface area contributed by atoms with Crippen LogP contribution in [0.3, 0.4) is 0 Å². The molecule has 1 fully saturated rings. The van der Waals surface area contributed by atoms with Crippen molar-refractivity contribution < 1.29 is 23.4 Å². The maximum Gasteiger partial charge on any atom is 0.316 e. The number of hydrogen-bond acceptors (Lipinski definition) is 7. The van der Waals surface area contributed by atoms with Crippen molar-refractivity contribution in [3.8, 4) is 28.7 Å². The van der Waals surface area contributed by atoms with Gasteiger partial charge in [-0.15, -0.1) is 0 Å². The van der Waals surface area contributed by atoms with E-state index in [4.69, 9.17) is 14.2 Å². The van der Waals surface area contributed by atoms with Crippen molar-refractivity contribution in [2.45, 2.75) is 13.2 Å². The van der Waals surface area contributed by atoms with Crippen LogP contribution in [0.2, 0.25) is 0 Å². The lowest BCUT2D eigenvalue weighted by Gasteiger charge is -2.36. The predicted octanol–water partition coefficient (Wildman–Crippen LogP) is 2.82. The summed E-state index contributed by atoms with van der Waals surface area (Å²) in [4.78, 5) is 30.3. The first-order valence-electron chi connectivity index (χ1n) is 9.99. The van der Waals surface area contributed by atoms with E-state index in [0.29, 0.717) is 28.5 Å². The largest absolute Gasteiger partial charge is 0.467 e. The van der Waals surface area contributed by atoms with Crippen LogP contribution in [0.15, 0.2) is 36.5 Å². The van der Waals surface area contributed by atoms with Crippen molar-refractivity contribution in [2.75, 3.05) is 34.4 Å². The van der Waals surface area contributed by atoms with Crippen LogP contribution in [-0.2, 0) is 14.3 Å². The third-order valence-electron chi connectivity index (χ3n) is 5.16. The Morgan fingerprint density at radius 1 is 1.19 bits per heavy atom. The molecule has 1 aliphatic heterocycles. The van der Waals surface area contributed by atoms with Gasteiger partial charge in [-0.3, -0.25) is 4.79 Å². The molecule has 1 saturated heterocycles. The average molecular weight is 441 g/mol. The van der Waals surface area contributed by atoms with Gasteiger partial charge in [-0.25, -0.2) is 14.4 Å². The first-order chi connectivity index (χ1) is 15.3. The maximum absolute atomic E-state index is 13.5. The van der Waals surface area contributed by atoms with Gasteiger partial charge in [0.25, 0.3) is 0 Å². The molecular formula is C22H24FN5O4. The monoisotopic (exact) mass is 441 g/mol. The topological polar surface area (TPSA) is 102 Å². The molecule has 0 atom stereocenters. The van der Waals surface area contributed by atoms with Gasteiger partial charge < -0.3 is 24.1 Å². The Hall–Kier alpha value is -3.37. The fraction of sp³-hybridized carbons (Fsp3) is 0.364. The Labute approximate surface area is 184 Å². The van der Waals surface area contributed by atoms with E-state index in [1.807, 2.05) is 0 Å². The first kappa shape index (κ1) is 21.8. The molecule has 0 bridgehead atoms. The minimum Gasteiger partial charge on any atom is -0.467 e. The highest BCUT2D eigenvalue weighted by atomic mass is 19.1. The van der Waals surface area contributed by atoms with Gasteiger partial charge in [-0.1, -0.05) is 0 Å². The number of halogens is 1. The van der Waals surface area contributed by atoms with Crippen LogP contribution in [0.1, 0.15) is 19.0 Å². The number of ether oxygens (including phenoxy) is 3. The van der Waals surface area contributed by atoms with E-state index in [1.54, 1.807) is 45.4 Å². The summed E-state index contributed by atoms with van der Waals surface area (Å²) in [6.07, 6.45) is 0.775. The van der Waals surface area contributed by atoms with Crippen LogP contribution >= 0.6 is 0 Å². The molecule has 10 heteroatoms. The van der Waals surface area contributed by atoms with Gasteiger partial charge in [0.15, 0.2) is 5.82 Å². The number of methoxy groups -OCH3 is 1. The molecule has 3 aromatic rings. The Morgan fingerprint density at radius 3 is 2.50 bits per heavy atom. The zero-order valence-corrected chi connectivity index (χ0v) is 18.3. The number of aromatic amines is 1. The molecule has 1 aromatic carbocycles. The van der Waals surface area contributed by atoms with Crippen molar-refractivity contribution in [1.82, 2.24) is 24.8 Å². The normalized spacial score (nSPS) is 20.7. The fourth-order valence-electron chi connectivity index (χ4n) is 3.51. The number of nitrogens with one attached hydrogen (secondary N) is 1. The molecule has 2 aromatic heterocycles. The van der Waals surface area contributed by atoms with Crippen LogP contribution in [-0.4, -0.2) is 65.2 Å². The lowest BCUT2D eigenvalue weighted by Crippen LogP contribution is -2.48. The van der Waals surface area contributed by atoms with Gasteiger partial charge in [-0.05, 0) is 37.3 Å². The predicted molar refractivity (Wildman–Crippen MR) is 113 cm³/mol. The van der Waals surface area contributed by atoms with Crippen LogP contribution in [0.5, 0.6) is 6.01 Å². The number of rotatable bonds is 5. The standard InChI is InChI=1S/C22H24FN5O4/c1-22(20(29)28(2)3)11-31-19(32-12-22)18-26-16(13-5-7-14(23)8-6-13)17(27-18)15-9-10-24-21(25-15)30-4/h5-10,19H,11-12H2,1-4H3,(H,26,27). The Morgan fingerprint density at radius 2 is 1.88 bits per heavy atom. The molecule has 1 aliphatic rings. The summed E-state index contributed by atoms with van der Waals surface area (Å²) in [6, 6.07) is 7.90. The molecule has 0 saturated carbocycles. The molecule has 168 valence electrons. The summed E-state index contributed by atoms with van der Waals surface area (Å²) in [5, 5.41) is 0. The lowest BCUT2D eigenvalue weighted by atomic mass is 9.90. The number of H-pyrrole nitrogens is 1. The fourth-order valence-corrected chi connectivity index (χ4v) is 3.51. The smallest absolute Gasteiger partial charge is 0.316 e. The minimum absolute atomic E-state index is 0.0730. The van der Waals surface area contributed by atoms with Crippen LogP contribution in [0.4, 0.5) is 4.39 Å².